The van der Waals surface area contributed by atoms with Crippen molar-refractivity contribution in [3.05, 3.63) is 24.3 Å². The summed E-state index contributed by atoms with van der Waals surface area (Å²) < 4.78 is 0. The van der Waals surface area contributed by atoms with Crippen LogP contribution in [0.5, 0.6) is 0 Å². The Labute approximate surface area is 148 Å². The van der Waals surface area contributed by atoms with E-state index in [1.54, 1.807) is 11.8 Å². The second kappa shape index (κ2) is 6.42. The van der Waals surface area contributed by atoms with E-state index in [4.69, 9.17) is 0 Å². The first-order valence-electron chi connectivity index (χ1n) is 9.24. The zero-order valence-corrected chi connectivity index (χ0v) is 14.9. The van der Waals surface area contributed by atoms with Gasteiger partial charge in [-0.05, 0) is 31.9 Å². The number of piperidine rings is 1. The van der Waals surface area contributed by atoms with Gasteiger partial charge in [0, 0.05) is 33.1 Å². The lowest BCUT2D eigenvalue weighted by Crippen LogP contribution is -2.55. The molecule has 2 amide bonds. The summed E-state index contributed by atoms with van der Waals surface area (Å²) in [4.78, 5) is 31.5. The highest BCUT2D eigenvalue weighted by molar-refractivity contribution is 6.04. The average molecular weight is 342 g/mol. The lowest BCUT2D eigenvalue weighted by atomic mass is 9.94. The van der Waals surface area contributed by atoms with Gasteiger partial charge in [-0.25, -0.2) is 0 Å². The Morgan fingerprint density at radius 3 is 2.64 bits per heavy atom. The Bertz CT molecular complexity index is 692. The van der Waals surface area contributed by atoms with Gasteiger partial charge < -0.3 is 15.1 Å². The van der Waals surface area contributed by atoms with Crippen LogP contribution in [0.4, 0.5) is 11.4 Å². The van der Waals surface area contributed by atoms with Crippen molar-refractivity contribution in [2.24, 2.45) is 5.92 Å². The summed E-state index contributed by atoms with van der Waals surface area (Å²) in [6.45, 7) is 7.04. The van der Waals surface area contributed by atoms with E-state index in [0.29, 0.717) is 12.7 Å². The highest BCUT2D eigenvalue weighted by atomic mass is 16.2. The first kappa shape index (κ1) is 16.5. The van der Waals surface area contributed by atoms with E-state index in [9.17, 15) is 9.59 Å². The summed E-state index contributed by atoms with van der Waals surface area (Å²) in [6.07, 6.45) is 2.40. The minimum absolute atomic E-state index is 0.0128. The number of nitrogens with zero attached hydrogens (tertiary/aromatic N) is 3. The number of nitrogens with one attached hydrogen (secondary N) is 1. The third kappa shape index (κ3) is 2.83. The average Bonchev–Trinajstić information content (AvgIpc) is 3.07. The minimum atomic E-state index is -0.0128. The number of hydrogen-bond donors (Lipinski definition) is 1. The molecule has 2 saturated heterocycles. The van der Waals surface area contributed by atoms with Crippen molar-refractivity contribution in [2.75, 3.05) is 36.0 Å². The van der Waals surface area contributed by atoms with Gasteiger partial charge in [0.25, 0.3) is 0 Å². The number of fused-ring (bicyclic) bond motifs is 2. The first-order chi connectivity index (χ1) is 12.1. The van der Waals surface area contributed by atoms with E-state index in [1.165, 1.54) is 0 Å². The summed E-state index contributed by atoms with van der Waals surface area (Å²) >= 11 is 0. The molecule has 0 aliphatic carbocycles. The van der Waals surface area contributed by atoms with Gasteiger partial charge in [0.2, 0.25) is 11.8 Å². The van der Waals surface area contributed by atoms with Crippen molar-refractivity contribution in [1.82, 2.24) is 10.2 Å². The van der Waals surface area contributed by atoms with Gasteiger partial charge >= 0.3 is 0 Å². The van der Waals surface area contributed by atoms with E-state index >= 15 is 0 Å². The number of hydrogen-bond acceptors (Lipinski definition) is 4. The van der Waals surface area contributed by atoms with Crippen LogP contribution in [0.15, 0.2) is 24.3 Å². The quantitative estimate of drug-likeness (QED) is 0.839. The van der Waals surface area contributed by atoms with Crippen LogP contribution in [0.25, 0.3) is 0 Å². The second-order valence-electron chi connectivity index (χ2n) is 7.41. The maximum absolute atomic E-state index is 13.3. The van der Waals surface area contributed by atoms with Crippen LogP contribution >= 0.6 is 0 Å². The third-order valence-corrected chi connectivity index (χ3v) is 5.74. The minimum Gasteiger partial charge on any atom is -0.308 e. The Morgan fingerprint density at radius 2 is 1.88 bits per heavy atom. The molecule has 0 saturated carbocycles. The second-order valence-corrected chi connectivity index (χ2v) is 7.41. The molecule has 1 aromatic carbocycles. The lowest BCUT2D eigenvalue weighted by Gasteiger charge is -2.43. The fourth-order valence-electron chi connectivity index (χ4n) is 4.58. The van der Waals surface area contributed by atoms with Gasteiger partial charge in [-0.1, -0.05) is 12.1 Å². The number of benzene rings is 1. The molecule has 3 atom stereocenters. The van der Waals surface area contributed by atoms with Crippen LogP contribution in [0.1, 0.15) is 26.7 Å². The van der Waals surface area contributed by atoms with Crippen molar-refractivity contribution in [1.29, 1.82) is 0 Å². The van der Waals surface area contributed by atoms with E-state index in [2.05, 4.69) is 10.2 Å². The van der Waals surface area contributed by atoms with Crippen LogP contribution in [-0.4, -0.2) is 55.1 Å². The Morgan fingerprint density at radius 1 is 1.12 bits per heavy atom. The molecule has 0 bridgehead atoms. The van der Waals surface area contributed by atoms with Crippen LogP contribution in [-0.2, 0) is 9.59 Å². The molecule has 3 aliphatic rings. The largest absolute Gasteiger partial charge is 0.308 e. The smallest absolute Gasteiger partial charge is 0.231 e. The molecule has 0 spiro atoms. The Kier molecular flexibility index (Phi) is 4.25. The number of carbonyl (C=O) groups excluding carboxylic acids is 2. The Balaban J connectivity index is 1.60. The summed E-state index contributed by atoms with van der Waals surface area (Å²) in [5, 5.41) is 3.50. The molecular weight excluding hydrogens is 316 g/mol. The maximum Gasteiger partial charge on any atom is 0.231 e. The molecule has 25 heavy (non-hydrogen) atoms. The molecule has 4 rings (SSSR count). The fourth-order valence-corrected chi connectivity index (χ4v) is 4.58. The standard InChI is InChI=1S/C19H26N4O2/c1-13-11-22(16-5-3-4-6-17(16)23(13)14(2)24)19(25)15-7-8-18-20-9-10-21(18)12-15/h3-6,13,15,18,20H,7-12H2,1-2H3. The van der Waals surface area contributed by atoms with E-state index in [0.717, 1.165) is 43.9 Å². The molecule has 1 N–H and O–H groups in total. The molecule has 0 radical (unpaired) electrons. The molecular formula is C19H26N4O2. The number of para-hydroxylation sites is 2. The summed E-state index contributed by atoms with van der Waals surface area (Å²) in [5.74, 6) is 0.267. The molecule has 1 aromatic rings. The summed E-state index contributed by atoms with van der Waals surface area (Å²) in [6, 6.07) is 7.75. The van der Waals surface area contributed by atoms with Gasteiger partial charge in [-0.2, -0.15) is 0 Å². The normalized spacial score (nSPS) is 29.3. The predicted molar refractivity (Wildman–Crippen MR) is 97.5 cm³/mol. The first-order valence-corrected chi connectivity index (χ1v) is 9.24. The molecule has 2 fully saturated rings. The van der Waals surface area contributed by atoms with Gasteiger partial charge in [-0.15, -0.1) is 0 Å². The molecule has 3 heterocycles. The van der Waals surface area contributed by atoms with Crippen molar-refractivity contribution in [3.63, 3.8) is 0 Å². The monoisotopic (exact) mass is 342 g/mol. The van der Waals surface area contributed by atoms with Gasteiger partial charge in [0.1, 0.15) is 0 Å². The zero-order chi connectivity index (χ0) is 17.6. The molecule has 0 aromatic heterocycles. The van der Waals surface area contributed by atoms with E-state index in [-0.39, 0.29) is 23.8 Å². The van der Waals surface area contributed by atoms with Gasteiger partial charge in [0.15, 0.2) is 0 Å². The number of rotatable bonds is 1. The zero-order valence-electron chi connectivity index (χ0n) is 14.9. The van der Waals surface area contributed by atoms with Crippen LogP contribution in [0.2, 0.25) is 0 Å². The molecule has 6 heteroatoms. The highest BCUT2D eigenvalue weighted by Crippen LogP contribution is 2.37. The van der Waals surface area contributed by atoms with Crippen LogP contribution < -0.4 is 15.1 Å². The number of amides is 2. The van der Waals surface area contributed by atoms with Crippen LogP contribution in [0, 0.1) is 5.92 Å². The maximum atomic E-state index is 13.3. The van der Waals surface area contributed by atoms with E-state index in [1.807, 2.05) is 36.1 Å². The van der Waals surface area contributed by atoms with Crippen molar-refractivity contribution < 1.29 is 9.59 Å². The SMILES string of the molecule is CC(=O)N1c2ccccc2N(C(=O)C2CCC3NCCN3C2)CC1C. The number of carbonyl (C=O) groups is 2. The van der Waals surface area contributed by atoms with Crippen molar-refractivity contribution in [2.45, 2.75) is 38.9 Å². The molecule has 6 nitrogen and oxygen atoms in total. The lowest BCUT2D eigenvalue weighted by molar-refractivity contribution is -0.125. The highest BCUT2D eigenvalue weighted by Gasteiger charge is 2.39. The van der Waals surface area contributed by atoms with Crippen LogP contribution in [0.3, 0.4) is 0 Å². The fraction of sp³-hybridized carbons (Fsp3) is 0.579. The van der Waals surface area contributed by atoms with Gasteiger partial charge in [0.05, 0.1) is 29.5 Å². The number of anilines is 2. The topological polar surface area (TPSA) is 55.9 Å². The third-order valence-electron chi connectivity index (χ3n) is 5.74. The van der Waals surface area contributed by atoms with Gasteiger partial charge in [-0.3, -0.25) is 14.5 Å². The van der Waals surface area contributed by atoms with E-state index < -0.39 is 0 Å². The van der Waals surface area contributed by atoms with Crippen molar-refractivity contribution >= 4 is 23.2 Å². The molecule has 3 unspecified atom stereocenters. The Hall–Kier alpha value is -1.92. The predicted octanol–water partition coefficient (Wildman–Crippen LogP) is 1.42. The molecule has 134 valence electrons. The molecule has 3 aliphatic heterocycles. The summed E-state index contributed by atoms with van der Waals surface area (Å²) in [7, 11) is 0. The van der Waals surface area contributed by atoms with Crippen molar-refractivity contribution in [3.8, 4) is 0 Å². The summed E-state index contributed by atoms with van der Waals surface area (Å²) in [5.41, 5.74) is 1.71.